The van der Waals surface area contributed by atoms with Crippen molar-refractivity contribution in [3.63, 3.8) is 0 Å². The number of anilines is 2. The molecule has 6 rings (SSSR count). The predicted molar refractivity (Wildman–Crippen MR) is 187 cm³/mol. The highest BCUT2D eigenvalue weighted by Crippen LogP contribution is 2.38. The number of rotatable bonds is 12. The second-order valence-corrected chi connectivity index (χ2v) is 17.2. The van der Waals surface area contributed by atoms with Gasteiger partial charge in [0.1, 0.15) is 35.0 Å². The first-order valence-electron chi connectivity index (χ1n) is 17.3. The summed E-state index contributed by atoms with van der Waals surface area (Å²) in [5.41, 5.74) is -1.49. The minimum Gasteiger partial charge on any atom is -0.472 e. The van der Waals surface area contributed by atoms with Crippen molar-refractivity contribution in [3.8, 4) is 5.88 Å². The van der Waals surface area contributed by atoms with Crippen LogP contribution in [0.2, 0.25) is 5.15 Å². The third-order valence-electron chi connectivity index (χ3n) is 9.53. The van der Waals surface area contributed by atoms with E-state index in [0.717, 1.165) is 31.4 Å². The first-order valence-corrected chi connectivity index (χ1v) is 19.2. The number of nitrogens with zero attached hydrogens (tertiary/aromatic N) is 3. The molecule has 0 radical (unpaired) electrons. The van der Waals surface area contributed by atoms with Gasteiger partial charge in [0.05, 0.1) is 11.8 Å². The van der Waals surface area contributed by atoms with E-state index in [1.54, 1.807) is 20.8 Å². The van der Waals surface area contributed by atoms with E-state index in [0.29, 0.717) is 12.8 Å². The molecule has 276 valence electrons. The van der Waals surface area contributed by atoms with Crippen molar-refractivity contribution in [2.75, 3.05) is 11.9 Å². The number of carbonyl (C=O) groups is 4. The van der Waals surface area contributed by atoms with Crippen LogP contribution in [0, 0.1) is 5.41 Å². The Hall–Kier alpha value is -4.18. The summed E-state index contributed by atoms with van der Waals surface area (Å²) >= 11 is 6.31. The largest absolute Gasteiger partial charge is 0.472 e. The van der Waals surface area contributed by atoms with E-state index in [1.165, 1.54) is 11.0 Å². The lowest BCUT2D eigenvalue weighted by atomic mass is 9.85. The summed E-state index contributed by atoms with van der Waals surface area (Å²) in [4.78, 5) is 64.5. The molecule has 0 spiro atoms. The number of hydrogen-bond acceptors (Lipinski definition) is 11. The Morgan fingerprint density at radius 3 is 2.31 bits per heavy atom. The predicted octanol–water partition coefficient (Wildman–Crippen LogP) is 3.56. The summed E-state index contributed by atoms with van der Waals surface area (Å²) in [6.45, 7) is 5.30. The number of benzene rings is 1. The number of aromatic nitrogens is 2. The SMILES string of the molecule is CC(C)(C)[C@H](NC(=O)OC1CCCC1)C(=O)N1C[C@H](Oc2cc(Cl)nc(Nc3ccccc3)n2)C[C@H]1C(=O)NC1(C(=O)NS(=O)(=O)C2CC2)CC1. The highest BCUT2D eigenvalue weighted by atomic mass is 35.5. The minimum absolute atomic E-state index is 0.00208. The van der Waals surface area contributed by atoms with Crippen molar-refractivity contribution in [2.45, 2.75) is 114 Å². The van der Waals surface area contributed by atoms with Gasteiger partial charge in [0.25, 0.3) is 5.91 Å². The third kappa shape index (κ3) is 9.01. The topological polar surface area (TPSA) is 198 Å². The molecule has 17 heteroatoms. The number of nitrogens with one attached hydrogen (secondary N) is 4. The van der Waals surface area contributed by atoms with Gasteiger partial charge in [-0.05, 0) is 68.9 Å². The molecule has 3 saturated carbocycles. The smallest absolute Gasteiger partial charge is 0.408 e. The first-order chi connectivity index (χ1) is 24.1. The van der Waals surface area contributed by atoms with Crippen molar-refractivity contribution in [1.82, 2.24) is 30.2 Å². The highest BCUT2D eigenvalue weighted by molar-refractivity contribution is 7.91. The maximum Gasteiger partial charge on any atom is 0.408 e. The number of hydrogen-bond donors (Lipinski definition) is 4. The fourth-order valence-electron chi connectivity index (χ4n) is 6.38. The number of likely N-dealkylation sites (tertiary alicyclic amines) is 1. The fourth-order valence-corrected chi connectivity index (χ4v) is 7.93. The Bertz CT molecular complexity index is 1760. The molecule has 2 heterocycles. The molecule has 2 aromatic rings. The quantitative estimate of drug-likeness (QED) is 0.232. The van der Waals surface area contributed by atoms with Crippen molar-refractivity contribution in [2.24, 2.45) is 5.41 Å². The summed E-state index contributed by atoms with van der Waals surface area (Å²) in [6, 6.07) is 8.40. The Balaban J connectivity index is 1.22. The van der Waals surface area contributed by atoms with Crippen molar-refractivity contribution >= 4 is 57.1 Å². The summed E-state index contributed by atoms with van der Waals surface area (Å²) in [6.07, 6.45) is 3.14. The van der Waals surface area contributed by atoms with Crippen LogP contribution in [-0.4, -0.2) is 88.7 Å². The Morgan fingerprint density at radius 2 is 1.69 bits per heavy atom. The highest BCUT2D eigenvalue weighted by Gasteiger charge is 2.55. The van der Waals surface area contributed by atoms with E-state index < -0.39 is 68.2 Å². The molecule has 3 aliphatic carbocycles. The summed E-state index contributed by atoms with van der Waals surface area (Å²) in [5, 5.41) is 8.02. The molecule has 15 nitrogen and oxygen atoms in total. The van der Waals surface area contributed by atoms with Crippen LogP contribution in [0.15, 0.2) is 36.4 Å². The molecular weight excluding hydrogens is 702 g/mol. The number of alkyl carbamates (subject to hydrolysis) is 1. The van der Waals surface area contributed by atoms with Gasteiger partial charge in [0.15, 0.2) is 0 Å². The summed E-state index contributed by atoms with van der Waals surface area (Å²) in [7, 11) is -3.84. The Kier molecular flexibility index (Phi) is 10.4. The van der Waals surface area contributed by atoms with Crippen LogP contribution in [0.25, 0.3) is 0 Å². The van der Waals surface area contributed by atoms with E-state index in [-0.39, 0.29) is 48.9 Å². The zero-order valence-electron chi connectivity index (χ0n) is 28.8. The van der Waals surface area contributed by atoms with Gasteiger partial charge >= 0.3 is 6.09 Å². The normalized spacial score (nSPS) is 22.1. The Labute approximate surface area is 302 Å². The van der Waals surface area contributed by atoms with Gasteiger partial charge in [0.2, 0.25) is 33.7 Å². The third-order valence-corrected chi connectivity index (χ3v) is 11.5. The van der Waals surface area contributed by atoms with E-state index in [9.17, 15) is 27.6 Å². The van der Waals surface area contributed by atoms with Gasteiger partial charge in [-0.1, -0.05) is 50.6 Å². The number of ether oxygens (including phenoxy) is 2. The molecule has 0 bridgehead atoms. The van der Waals surface area contributed by atoms with Crippen LogP contribution >= 0.6 is 11.6 Å². The van der Waals surface area contributed by atoms with E-state index >= 15 is 0 Å². The molecule has 4 N–H and O–H groups in total. The van der Waals surface area contributed by atoms with Crippen LogP contribution < -0.4 is 25.4 Å². The molecule has 1 saturated heterocycles. The molecule has 51 heavy (non-hydrogen) atoms. The minimum atomic E-state index is -3.84. The number of amides is 4. The molecule has 1 aromatic carbocycles. The number of carbonyl (C=O) groups excluding carboxylic acids is 4. The van der Waals surface area contributed by atoms with Crippen LogP contribution in [0.1, 0.15) is 78.6 Å². The monoisotopic (exact) mass is 745 g/mol. The number of sulfonamides is 1. The second-order valence-electron chi connectivity index (χ2n) is 14.8. The average molecular weight is 746 g/mol. The van der Waals surface area contributed by atoms with Crippen molar-refractivity contribution in [1.29, 1.82) is 0 Å². The van der Waals surface area contributed by atoms with Gasteiger partial charge in [0, 0.05) is 18.2 Å². The van der Waals surface area contributed by atoms with Crippen LogP contribution in [0.5, 0.6) is 5.88 Å². The zero-order chi connectivity index (χ0) is 36.6. The molecule has 0 unspecified atom stereocenters. The molecular formula is C34H44ClN7O8S. The lowest BCUT2D eigenvalue weighted by Crippen LogP contribution is -2.60. The number of para-hydroxylation sites is 1. The zero-order valence-corrected chi connectivity index (χ0v) is 30.4. The fraction of sp³-hybridized carbons (Fsp3) is 0.588. The van der Waals surface area contributed by atoms with Gasteiger partial charge in [-0.2, -0.15) is 4.98 Å². The van der Waals surface area contributed by atoms with Crippen LogP contribution in [-0.2, 0) is 29.1 Å². The molecule has 4 fully saturated rings. The molecule has 4 amide bonds. The maximum atomic E-state index is 14.4. The number of halogens is 1. The van der Waals surface area contributed by atoms with Crippen LogP contribution in [0.3, 0.4) is 0 Å². The van der Waals surface area contributed by atoms with Gasteiger partial charge < -0.3 is 30.3 Å². The van der Waals surface area contributed by atoms with E-state index in [4.69, 9.17) is 21.1 Å². The molecule has 1 aliphatic heterocycles. The van der Waals surface area contributed by atoms with E-state index in [1.807, 2.05) is 30.3 Å². The van der Waals surface area contributed by atoms with Crippen molar-refractivity contribution < 1.29 is 37.1 Å². The van der Waals surface area contributed by atoms with Crippen molar-refractivity contribution in [3.05, 3.63) is 41.6 Å². The molecule has 1 aromatic heterocycles. The van der Waals surface area contributed by atoms with Gasteiger partial charge in [-0.25, -0.2) is 18.2 Å². The molecule has 3 atom stereocenters. The van der Waals surface area contributed by atoms with Crippen LogP contribution in [0.4, 0.5) is 16.4 Å². The van der Waals surface area contributed by atoms with E-state index in [2.05, 4.69) is 30.6 Å². The second kappa shape index (κ2) is 14.4. The van der Waals surface area contributed by atoms with Gasteiger partial charge in [-0.3, -0.25) is 19.1 Å². The first kappa shape index (κ1) is 36.6. The lowest BCUT2D eigenvalue weighted by Gasteiger charge is -2.35. The maximum absolute atomic E-state index is 14.4. The lowest BCUT2D eigenvalue weighted by molar-refractivity contribution is -0.142. The average Bonchev–Trinajstić information content (AvgIpc) is 3.97. The molecule has 4 aliphatic rings. The summed E-state index contributed by atoms with van der Waals surface area (Å²) in [5.74, 6) is -1.73. The standard InChI is InChI=1S/C34H44ClN7O8S/c1-33(2,3)27(39-32(46)50-21-11-7-8-12-21)29(44)42-19-22(49-26-18-25(35)37-31(38-26)36-20-9-5-4-6-10-20)17-24(42)28(43)40-34(15-16-34)30(45)41-51(47,48)23-13-14-23/h4-6,9-10,18,21-24,27H,7-8,11-17,19H2,1-3H3,(H,39,46)(H,40,43)(H,41,45)(H,36,37,38)/t22-,24+,27-/m1/s1. The summed E-state index contributed by atoms with van der Waals surface area (Å²) < 4.78 is 39.0. The Morgan fingerprint density at radius 1 is 1.00 bits per heavy atom. The van der Waals surface area contributed by atoms with Gasteiger partial charge in [-0.15, -0.1) is 0 Å².